The van der Waals surface area contributed by atoms with Gasteiger partial charge in [-0.3, -0.25) is 4.79 Å². The third-order valence-corrected chi connectivity index (χ3v) is 2.92. The van der Waals surface area contributed by atoms with Gasteiger partial charge in [0.05, 0.1) is 11.2 Å². The van der Waals surface area contributed by atoms with Crippen molar-refractivity contribution >= 4 is 34.7 Å². The lowest BCUT2D eigenvalue weighted by molar-refractivity contribution is 0.103. The molecular weight excluding hydrogens is 246 g/mol. The molecule has 0 radical (unpaired) electrons. The summed E-state index contributed by atoms with van der Waals surface area (Å²) in [5, 5.41) is 3.85. The van der Waals surface area contributed by atoms with Crippen molar-refractivity contribution in [2.45, 2.75) is 6.92 Å². The van der Waals surface area contributed by atoms with Crippen LogP contribution in [0.25, 0.3) is 0 Å². The molecule has 2 aromatic heterocycles. The summed E-state index contributed by atoms with van der Waals surface area (Å²) in [6.07, 6.45) is 1.54. The minimum absolute atomic E-state index is 0.222. The molecule has 82 valence electrons. The molecule has 0 aliphatic rings. The second-order valence-corrected chi connectivity index (χ2v) is 4.67. The lowest BCUT2D eigenvalue weighted by Gasteiger charge is -2.01. The minimum atomic E-state index is -0.222. The molecule has 0 aliphatic heterocycles. The third-order valence-electron chi connectivity index (χ3n) is 1.80. The van der Waals surface area contributed by atoms with Gasteiger partial charge < -0.3 is 5.32 Å². The molecule has 2 heterocycles. The summed E-state index contributed by atoms with van der Waals surface area (Å²) in [5.74, 6) is 0.212. The molecule has 0 atom stereocenters. The molecule has 0 aromatic carbocycles. The van der Waals surface area contributed by atoms with Crippen molar-refractivity contribution in [3.63, 3.8) is 0 Å². The Kier molecular flexibility index (Phi) is 3.17. The van der Waals surface area contributed by atoms with Crippen molar-refractivity contribution in [1.82, 2.24) is 9.97 Å². The number of aryl methyl sites for hydroxylation is 1. The maximum Gasteiger partial charge on any atom is 0.268 e. The number of hydrogen-bond acceptors (Lipinski definition) is 4. The van der Waals surface area contributed by atoms with Gasteiger partial charge in [0.15, 0.2) is 0 Å². The van der Waals surface area contributed by atoms with E-state index in [1.165, 1.54) is 11.3 Å². The van der Waals surface area contributed by atoms with E-state index in [0.29, 0.717) is 15.8 Å². The maximum atomic E-state index is 11.7. The SMILES string of the molecule is Cc1ncc(C(=O)Nc2cccc(Cl)n2)s1. The number of rotatable bonds is 2. The van der Waals surface area contributed by atoms with Gasteiger partial charge in [-0.2, -0.15) is 0 Å². The number of hydrogen-bond donors (Lipinski definition) is 1. The van der Waals surface area contributed by atoms with E-state index in [-0.39, 0.29) is 5.91 Å². The number of halogens is 1. The van der Waals surface area contributed by atoms with Crippen molar-refractivity contribution in [2.24, 2.45) is 0 Å². The summed E-state index contributed by atoms with van der Waals surface area (Å²) < 4.78 is 0. The first-order valence-corrected chi connectivity index (χ1v) is 5.71. The number of nitrogens with zero attached hydrogens (tertiary/aromatic N) is 2. The van der Waals surface area contributed by atoms with Crippen molar-refractivity contribution in [1.29, 1.82) is 0 Å². The Balaban J connectivity index is 2.13. The molecule has 0 fully saturated rings. The Labute approximate surface area is 101 Å². The molecule has 0 saturated heterocycles. The molecule has 0 aliphatic carbocycles. The van der Waals surface area contributed by atoms with Crippen LogP contribution in [0.3, 0.4) is 0 Å². The lowest BCUT2D eigenvalue weighted by Crippen LogP contribution is -2.11. The largest absolute Gasteiger partial charge is 0.306 e. The highest BCUT2D eigenvalue weighted by Crippen LogP contribution is 2.14. The number of nitrogens with one attached hydrogen (secondary N) is 1. The van der Waals surface area contributed by atoms with Crippen LogP contribution in [-0.2, 0) is 0 Å². The van der Waals surface area contributed by atoms with Gasteiger partial charge in [0.1, 0.15) is 15.8 Å². The molecule has 4 nitrogen and oxygen atoms in total. The predicted molar refractivity (Wildman–Crippen MR) is 64.1 cm³/mol. The van der Waals surface area contributed by atoms with Crippen LogP contribution in [0.2, 0.25) is 5.15 Å². The fourth-order valence-corrected chi connectivity index (χ4v) is 1.96. The fraction of sp³-hybridized carbons (Fsp3) is 0.100. The van der Waals surface area contributed by atoms with E-state index in [1.54, 1.807) is 24.4 Å². The summed E-state index contributed by atoms with van der Waals surface area (Å²) >= 11 is 7.04. The first-order valence-electron chi connectivity index (χ1n) is 4.51. The smallest absolute Gasteiger partial charge is 0.268 e. The van der Waals surface area contributed by atoms with E-state index in [2.05, 4.69) is 15.3 Å². The molecule has 16 heavy (non-hydrogen) atoms. The van der Waals surface area contributed by atoms with E-state index >= 15 is 0 Å². The Bertz CT molecular complexity index is 526. The quantitative estimate of drug-likeness (QED) is 0.838. The Morgan fingerprint density at radius 3 is 2.94 bits per heavy atom. The van der Waals surface area contributed by atoms with Crippen molar-refractivity contribution in [3.8, 4) is 0 Å². The highest BCUT2D eigenvalue weighted by atomic mass is 35.5. The first kappa shape index (κ1) is 11.0. The number of carbonyl (C=O) groups is 1. The average Bonchev–Trinajstić information content (AvgIpc) is 2.65. The summed E-state index contributed by atoms with van der Waals surface area (Å²) in [4.78, 5) is 20.2. The van der Waals surface area contributed by atoms with Crippen molar-refractivity contribution < 1.29 is 4.79 Å². The van der Waals surface area contributed by atoms with Gasteiger partial charge in [0, 0.05) is 0 Å². The fourth-order valence-electron chi connectivity index (χ4n) is 1.12. The van der Waals surface area contributed by atoms with Crippen LogP contribution < -0.4 is 5.32 Å². The molecule has 1 N–H and O–H groups in total. The summed E-state index contributed by atoms with van der Waals surface area (Å²) in [6, 6.07) is 5.05. The van der Waals surface area contributed by atoms with Gasteiger partial charge in [0.2, 0.25) is 0 Å². The van der Waals surface area contributed by atoms with Crippen LogP contribution in [0.4, 0.5) is 5.82 Å². The molecule has 0 bridgehead atoms. The third kappa shape index (κ3) is 2.56. The molecule has 1 amide bonds. The van der Waals surface area contributed by atoms with Gasteiger partial charge in [-0.15, -0.1) is 11.3 Å². The average molecular weight is 254 g/mol. The molecule has 0 spiro atoms. The lowest BCUT2D eigenvalue weighted by atomic mass is 10.4. The van der Waals surface area contributed by atoms with Crippen LogP contribution in [0.15, 0.2) is 24.4 Å². The number of anilines is 1. The number of pyridine rings is 1. The molecule has 2 aromatic rings. The summed E-state index contributed by atoms with van der Waals surface area (Å²) in [5.41, 5.74) is 0. The highest BCUT2D eigenvalue weighted by molar-refractivity contribution is 7.13. The predicted octanol–water partition coefficient (Wildman–Crippen LogP) is 2.75. The monoisotopic (exact) mass is 253 g/mol. The number of carbonyl (C=O) groups excluding carboxylic acids is 1. The van der Waals surface area contributed by atoms with Crippen molar-refractivity contribution in [2.75, 3.05) is 5.32 Å². The zero-order valence-corrected chi connectivity index (χ0v) is 9.97. The summed E-state index contributed by atoms with van der Waals surface area (Å²) in [7, 11) is 0. The second kappa shape index (κ2) is 4.59. The molecule has 2 rings (SSSR count). The Hall–Kier alpha value is -1.46. The van der Waals surface area contributed by atoms with Gasteiger partial charge in [0.25, 0.3) is 5.91 Å². The summed E-state index contributed by atoms with van der Waals surface area (Å²) in [6.45, 7) is 1.85. The number of amides is 1. The normalized spacial score (nSPS) is 10.1. The zero-order valence-electron chi connectivity index (χ0n) is 8.40. The minimum Gasteiger partial charge on any atom is -0.306 e. The van der Waals surface area contributed by atoms with E-state index < -0.39 is 0 Å². The maximum absolute atomic E-state index is 11.7. The van der Waals surface area contributed by atoms with Crippen LogP contribution in [-0.4, -0.2) is 15.9 Å². The zero-order chi connectivity index (χ0) is 11.5. The van der Waals surface area contributed by atoms with Crippen LogP contribution in [0.1, 0.15) is 14.7 Å². The van der Waals surface area contributed by atoms with Crippen LogP contribution >= 0.6 is 22.9 Å². The Morgan fingerprint density at radius 1 is 1.50 bits per heavy atom. The standard InChI is InChI=1S/C10H8ClN3OS/c1-6-12-5-7(16-6)10(15)14-9-4-2-3-8(11)13-9/h2-5H,1H3,(H,13,14,15). The topological polar surface area (TPSA) is 54.9 Å². The molecule has 0 saturated carbocycles. The highest BCUT2D eigenvalue weighted by Gasteiger charge is 2.09. The van der Waals surface area contributed by atoms with E-state index in [0.717, 1.165) is 5.01 Å². The number of thiazole rings is 1. The van der Waals surface area contributed by atoms with Gasteiger partial charge >= 0.3 is 0 Å². The molecule has 6 heteroatoms. The number of aromatic nitrogens is 2. The van der Waals surface area contributed by atoms with Gasteiger partial charge in [-0.25, -0.2) is 9.97 Å². The van der Waals surface area contributed by atoms with E-state index in [4.69, 9.17) is 11.6 Å². The van der Waals surface area contributed by atoms with Gasteiger partial charge in [-0.1, -0.05) is 17.7 Å². The van der Waals surface area contributed by atoms with Gasteiger partial charge in [-0.05, 0) is 19.1 Å². The van der Waals surface area contributed by atoms with E-state index in [9.17, 15) is 4.79 Å². The Morgan fingerprint density at radius 2 is 2.31 bits per heavy atom. The second-order valence-electron chi connectivity index (χ2n) is 3.04. The van der Waals surface area contributed by atoms with Crippen LogP contribution in [0, 0.1) is 6.92 Å². The van der Waals surface area contributed by atoms with Crippen molar-refractivity contribution in [3.05, 3.63) is 39.4 Å². The molecule has 0 unspecified atom stereocenters. The van der Waals surface area contributed by atoms with Crippen LogP contribution in [0.5, 0.6) is 0 Å². The first-order chi connectivity index (χ1) is 7.65. The molecular formula is C10H8ClN3OS. The van der Waals surface area contributed by atoms with E-state index in [1.807, 2.05) is 6.92 Å².